The van der Waals surface area contributed by atoms with Crippen LogP contribution in [0, 0.1) is 0 Å². The molecule has 5 nitrogen and oxygen atoms in total. The zero-order valence-corrected chi connectivity index (χ0v) is 10.6. The van der Waals surface area contributed by atoms with Gasteiger partial charge < -0.3 is 5.11 Å². The molecule has 0 aliphatic carbocycles. The van der Waals surface area contributed by atoms with Crippen molar-refractivity contribution in [3.8, 4) is 0 Å². The zero-order chi connectivity index (χ0) is 14.1. The summed E-state index contributed by atoms with van der Waals surface area (Å²) in [6, 6.07) is 10.2. The van der Waals surface area contributed by atoms with Crippen LogP contribution in [-0.2, 0) is 13.2 Å². The van der Waals surface area contributed by atoms with Gasteiger partial charge in [0.05, 0.1) is 30.0 Å². The standard InChI is InChI=1S/C15H12N2O3/c18-9-10-4-3-7-16-13(10)8-17-14(19)11-5-1-2-6-12(11)15(17)20/h1-7,18H,8-9H2. The van der Waals surface area contributed by atoms with Crippen molar-refractivity contribution < 1.29 is 14.7 Å². The number of carbonyl (C=O) groups excluding carboxylic acids is 2. The third-order valence-corrected chi connectivity index (χ3v) is 3.34. The highest BCUT2D eigenvalue weighted by Gasteiger charge is 2.35. The van der Waals surface area contributed by atoms with Crippen LogP contribution < -0.4 is 0 Å². The van der Waals surface area contributed by atoms with Gasteiger partial charge >= 0.3 is 0 Å². The van der Waals surface area contributed by atoms with Crippen LogP contribution in [0.5, 0.6) is 0 Å². The minimum absolute atomic E-state index is 0.0725. The van der Waals surface area contributed by atoms with Gasteiger partial charge in [0, 0.05) is 11.8 Å². The summed E-state index contributed by atoms with van der Waals surface area (Å²) in [7, 11) is 0. The number of nitrogens with zero attached hydrogens (tertiary/aromatic N) is 2. The lowest BCUT2D eigenvalue weighted by atomic mass is 10.1. The van der Waals surface area contributed by atoms with Gasteiger partial charge in [0.1, 0.15) is 0 Å². The van der Waals surface area contributed by atoms with Crippen molar-refractivity contribution in [2.45, 2.75) is 13.2 Å². The molecular weight excluding hydrogens is 256 g/mol. The molecule has 0 radical (unpaired) electrons. The highest BCUT2D eigenvalue weighted by molar-refractivity contribution is 6.21. The molecule has 0 unspecified atom stereocenters. The van der Waals surface area contributed by atoms with Gasteiger partial charge in [0.15, 0.2) is 0 Å². The first-order valence-electron chi connectivity index (χ1n) is 6.21. The molecule has 0 saturated heterocycles. The topological polar surface area (TPSA) is 70.5 Å². The van der Waals surface area contributed by atoms with Crippen molar-refractivity contribution in [2.24, 2.45) is 0 Å². The third-order valence-electron chi connectivity index (χ3n) is 3.34. The molecule has 0 saturated carbocycles. The molecule has 1 N–H and O–H groups in total. The van der Waals surface area contributed by atoms with Crippen molar-refractivity contribution in [1.82, 2.24) is 9.88 Å². The van der Waals surface area contributed by atoms with Crippen LogP contribution >= 0.6 is 0 Å². The fourth-order valence-corrected chi connectivity index (χ4v) is 2.29. The predicted octanol–water partition coefficient (Wildman–Crippen LogP) is 1.37. The van der Waals surface area contributed by atoms with Crippen molar-refractivity contribution in [3.05, 3.63) is 65.0 Å². The molecule has 1 aromatic heterocycles. The maximum atomic E-state index is 12.2. The Morgan fingerprint density at radius 3 is 2.25 bits per heavy atom. The number of pyridine rings is 1. The number of aliphatic hydroxyl groups is 1. The van der Waals surface area contributed by atoms with Gasteiger partial charge in [-0.25, -0.2) is 0 Å². The second-order valence-electron chi connectivity index (χ2n) is 4.51. The van der Waals surface area contributed by atoms with E-state index < -0.39 is 0 Å². The molecule has 2 heterocycles. The van der Waals surface area contributed by atoms with E-state index in [9.17, 15) is 14.7 Å². The van der Waals surface area contributed by atoms with Crippen LogP contribution in [0.3, 0.4) is 0 Å². The van der Waals surface area contributed by atoms with Crippen molar-refractivity contribution in [2.75, 3.05) is 0 Å². The largest absolute Gasteiger partial charge is 0.392 e. The lowest BCUT2D eigenvalue weighted by Crippen LogP contribution is -2.30. The van der Waals surface area contributed by atoms with Crippen LogP contribution in [0.25, 0.3) is 0 Å². The van der Waals surface area contributed by atoms with Gasteiger partial charge in [-0.2, -0.15) is 0 Å². The SMILES string of the molecule is O=C1c2ccccc2C(=O)N1Cc1ncccc1CO. The van der Waals surface area contributed by atoms with Gasteiger partial charge in [-0.3, -0.25) is 19.5 Å². The summed E-state index contributed by atoms with van der Waals surface area (Å²) in [6.45, 7) is -0.102. The third kappa shape index (κ3) is 1.88. The summed E-state index contributed by atoms with van der Waals surface area (Å²) >= 11 is 0. The number of hydrogen-bond donors (Lipinski definition) is 1. The number of benzene rings is 1. The van der Waals surface area contributed by atoms with Crippen LogP contribution in [0.15, 0.2) is 42.6 Å². The Hall–Kier alpha value is -2.53. The minimum Gasteiger partial charge on any atom is -0.392 e. The molecular formula is C15H12N2O3. The predicted molar refractivity (Wildman–Crippen MR) is 70.8 cm³/mol. The van der Waals surface area contributed by atoms with Crippen LogP contribution in [-0.4, -0.2) is 26.8 Å². The average Bonchev–Trinajstić information content (AvgIpc) is 2.73. The summed E-state index contributed by atoms with van der Waals surface area (Å²) in [4.78, 5) is 29.7. The molecule has 100 valence electrons. The zero-order valence-electron chi connectivity index (χ0n) is 10.6. The second kappa shape index (κ2) is 4.86. The number of carbonyl (C=O) groups is 2. The summed E-state index contributed by atoms with van der Waals surface area (Å²) in [5, 5.41) is 9.27. The number of amides is 2. The molecule has 2 amide bonds. The van der Waals surface area contributed by atoms with E-state index in [-0.39, 0.29) is 25.0 Å². The highest BCUT2D eigenvalue weighted by Crippen LogP contribution is 2.24. The fourth-order valence-electron chi connectivity index (χ4n) is 2.29. The Morgan fingerprint density at radius 2 is 1.65 bits per heavy atom. The molecule has 20 heavy (non-hydrogen) atoms. The Bertz CT molecular complexity index is 662. The van der Waals surface area contributed by atoms with Crippen LogP contribution in [0.1, 0.15) is 32.0 Å². The number of fused-ring (bicyclic) bond motifs is 1. The molecule has 1 aliphatic heterocycles. The normalized spacial score (nSPS) is 13.8. The second-order valence-corrected chi connectivity index (χ2v) is 4.51. The van der Waals surface area contributed by atoms with E-state index in [0.717, 1.165) is 4.90 Å². The Labute approximate surface area is 115 Å². The Balaban J connectivity index is 1.94. The van der Waals surface area contributed by atoms with Gasteiger partial charge in [0.2, 0.25) is 0 Å². The number of hydrogen-bond acceptors (Lipinski definition) is 4. The van der Waals surface area contributed by atoms with E-state index in [1.807, 2.05) is 0 Å². The molecule has 2 aromatic rings. The smallest absolute Gasteiger partial charge is 0.261 e. The lowest BCUT2D eigenvalue weighted by Gasteiger charge is -2.15. The van der Waals surface area contributed by atoms with E-state index in [2.05, 4.69) is 4.98 Å². The minimum atomic E-state index is -0.319. The van der Waals surface area contributed by atoms with Gasteiger partial charge in [0.25, 0.3) is 11.8 Å². The molecule has 5 heteroatoms. The summed E-state index contributed by atoms with van der Waals surface area (Å²) in [6.07, 6.45) is 1.58. The molecule has 0 spiro atoms. The van der Waals surface area contributed by atoms with Gasteiger partial charge in [-0.1, -0.05) is 18.2 Å². The van der Waals surface area contributed by atoms with E-state index >= 15 is 0 Å². The Morgan fingerprint density at radius 1 is 1.00 bits per heavy atom. The fraction of sp³-hybridized carbons (Fsp3) is 0.133. The number of rotatable bonds is 3. The molecule has 1 aliphatic rings. The Kier molecular flexibility index (Phi) is 3.04. The first kappa shape index (κ1) is 12.5. The lowest BCUT2D eigenvalue weighted by molar-refractivity contribution is 0.0639. The van der Waals surface area contributed by atoms with Crippen LogP contribution in [0.4, 0.5) is 0 Å². The van der Waals surface area contributed by atoms with Crippen molar-refractivity contribution in [3.63, 3.8) is 0 Å². The van der Waals surface area contributed by atoms with Crippen molar-refractivity contribution in [1.29, 1.82) is 0 Å². The van der Waals surface area contributed by atoms with E-state index in [0.29, 0.717) is 22.4 Å². The number of imide groups is 1. The first-order valence-corrected chi connectivity index (χ1v) is 6.21. The monoisotopic (exact) mass is 268 g/mol. The molecule has 3 rings (SSSR count). The highest BCUT2D eigenvalue weighted by atomic mass is 16.3. The maximum absolute atomic E-state index is 12.2. The van der Waals surface area contributed by atoms with E-state index in [4.69, 9.17) is 0 Å². The van der Waals surface area contributed by atoms with E-state index in [1.54, 1.807) is 42.6 Å². The average molecular weight is 268 g/mol. The van der Waals surface area contributed by atoms with Gasteiger partial charge in [-0.05, 0) is 18.2 Å². The maximum Gasteiger partial charge on any atom is 0.261 e. The number of aliphatic hydroxyl groups excluding tert-OH is 1. The molecule has 0 bridgehead atoms. The molecule has 0 atom stereocenters. The summed E-state index contributed by atoms with van der Waals surface area (Å²) < 4.78 is 0. The first-order chi connectivity index (χ1) is 9.72. The number of aromatic nitrogens is 1. The molecule has 0 fully saturated rings. The quantitative estimate of drug-likeness (QED) is 0.853. The van der Waals surface area contributed by atoms with E-state index in [1.165, 1.54) is 0 Å². The summed E-state index contributed by atoms with van der Waals surface area (Å²) in [5.41, 5.74) is 1.98. The summed E-state index contributed by atoms with van der Waals surface area (Å²) in [5.74, 6) is -0.639. The van der Waals surface area contributed by atoms with Crippen molar-refractivity contribution >= 4 is 11.8 Å². The molecule has 1 aromatic carbocycles. The van der Waals surface area contributed by atoms with Gasteiger partial charge in [-0.15, -0.1) is 0 Å². The van der Waals surface area contributed by atoms with Crippen LogP contribution in [0.2, 0.25) is 0 Å².